The molecule has 3 unspecified atom stereocenters. The molecule has 0 radical (unpaired) electrons. The summed E-state index contributed by atoms with van der Waals surface area (Å²) < 4.78 is 0. The molecule has 3 aliphatic rings. The van der Waals surface area contributed by atoms with Gasteiger partial charge in [0, 0.05) is 31.6 Å². The molecule has 4 heteroatoms. The number of hydrogen-bond donors (Lipinski definition) is 1. The Morgan fingerprint density at radius 2 is 2.05 bits per heavy atom. The minimum atomic E-state index is 0.396. The second-order valence-electron chi connectivity index (χ2n) is 6.58. The summed E-state index contributed by atoms with van der Waals surface area (Å²) >= 11 is 0. The number of hydrogen-bond acceptors (Lipinski definition) is 3. The molecular formula is C15H27N3O. The van der Waals surface area contributed by atoms with Crippen LogP contribution in [0.3, 0.4) is 0 Å². The molecule has 3 atom stereocenters. The quantitative estimate of drug-likeness (QED) is 0.829. The van der Waals surface area contributed by atoms with Crippen LogP contribution in [0, 0.1) is 5.92 Å². The zero-order valence-electron chi connectivity index (χ0n) is 12.1. The third kappa shape index (κ3) is 2.95. The molecule has 0 aromatic carbocycles. The van der Waals surface area contributed by atoms with Crippen molar-refractivity contribution in [1.82, 2.24) is 15.1 Å². The van der Waals surface area contributed by atoms with Gasteiger partial charge < -0.3 is 10.2 Å². The topological polar surface area (TPSA) is 35.6 Å². The second kappa shape index (κ2) is 5.80. The van der Waals surface area contributed by atoms with Gasteiger partial charge in [-0.1, -0.05) is 0 Å². The lowest BCUT2D eigenvalue weighted by Crippen LogP contribution is -2.39. The maximum absolute atomic E-state index is 12.4. The average Bonchev–Trinajstić information content (AvgIpc) is 2.96. The van der Waals surface area contributed by atoms with E-state index in [-0.39, 0.29) is 0 Å². The third-order valence-electron chi connectivity index (χ3n) is 5.43. The van der Waals surface area contributed by atoms with Crippen molar-refractivity contribution in [1.29, 1.82) is 0 Å². The van der Waals surface area contributed by atoms with E-state index in [4.69, 9.17) is 0 Å². The standard InChI is InChI=1S/C15H27N3O/c1-17-13-3-4-14(17)11-18(9-7-13)15(19)5-2-12-6-8-16-10-12/h12-14,16H,2-11H2,1H3. The van der Waals surface area contributed by atoms with E-state index in [1.807, 2.05) is 0 Å². The van der Waals surface area contributed by atoms with E-state index >= 15 is 0 Å². The van der Waals surface area contributed by atoms with Gasteiger partial charge >= 0.3 is 0 Å². The maximum atomic E-state index is 12.4. The normalized spacial score (nSPS) is 35.6. The highest BCUT2D eigenvalue weighted by Crippen LogP contribution is 2.29. The van der Waals surface area contributed by atoms with Crippen molar-refractivity contribution in [3.63, 3.8) is 0 Å². The Bertz CT molecular complexity index is 327. The predicted molar refractivity (Wildman–Crippen MR) is 76.0 cm³/mol. The van der Waals surface area contributed by atoms with Crippen LogP contribution in [-0.2, 0) is 4.79 Å². The lowest BCUT2D eigenvalue weighted by Gasteiger charge is -2.26. The molecule has 0 aliphatic carbocycles. The van der Waals surface area contributed by atoms with Crippen molar-refractivity contribution in [3.8, 4) is 0 Å². The van der Waals surface area contributed by atoms with E-state index in [0.717, 1.165) is 51.0 Å². The maximum Gasteiger partial charge on any atom is 0.222 e. The van der Waals surface area contributed by atoms with E-state index in [0.29, 0.717) is 11.9 Å². The molecule has 3 rings (SSSR count). The highest BCUT2D eigenvalue weighted by molar-refractivity contribution is 5.76. The summed E-state index contributed by atoms with van der Waals surface area (Å²) in [5, 5.41) is 3.38. The summed E-state index contributed by atoms with van der Waals surface area (Å²) in [5.41, 5.74) is 0. The van der Waals surface area contributed by atoms with E-state index in [1.54, 1.807) is 0 Å². The van der Waals surface area contributed by atoms with Crippen LogP contribution in [0.25, 0.3) is 0 Å². The number of carbonyl (C=O) groups is 1. The first-order valence-electron chi connectivity index (χ1n) is 7.94. The summed E-state index contributed by atoms with van der Waals surface area (Å²) in [6, 6.07) is 1.34. The van der Waals surface area contributed by atoms with Crippen LogP contribution in [0.1, 0.15) is 38.5 Å². The number of nitrogens with one attached hydrogen (secondary N) is 1. The molecule has 4 nitrogen and oxygen atoms in total. The Labute approximate surface area is 116 Å². The minimum Gasteiger partial charge on any atom is -0.341 e. The predicted octanol–water partition coefficient (Wildman–Crippen LogP) is 1.07. The molecule has 2 bridgehead atoms. The highest BCUT2D eigenvalue weighted by atomic mass is 16.2. The third-order valence-corrected chi connectivity index (χ3v) is 5.43. The van der Waals surface area contributed by atoms with E-state index < -0.39 is 0 Å². The molecule has 0 aromatic heterocycles. The molecular weight excluding hydrogens is 238 g/mol. The van der Waals surface area contributed by atoms with Gasteiger partial charge in [0.1, 0.15) is 0 Å². The van der Waals surface area contributed by atoms with Crippen LogP contribution in [-0.4, -0.2) is 61.0 Å². The number of rotatable bonds is 3. The smallest absolute Gasteiger partial charge is 0.222 e. The number of likely N-dealkylation sites (tertiary alicyclic amines) is 1. The van der Waals surface area contributed by atoms with Crippen LogP contribution in [0.2, 0.25) is 0 Å². The van der Waals surface area contributed by atoms with Gasteiger partial charge in [-0.2, -0.15) is 0 Å². The van der Waals surface area contributed by atoms with Crippen molar-refractivity contribution in [3.05, 3.63) is 0 Å². The van der Waals surface area contributed by atoms with Gasteiger partial charge in [-0.25, -0.2) is 0 Å². The zero-order valence-corrected chi connectivity index (χ0v) is 12.1. The fourth-order valence-electron chi connectivity index (χ4n) is 3.98. The number of amides is 1. The lowest BCUT2D eigenvalue weighted by atomic mass is 10.0. The fourth-order valence-corrected chi connectivity index (χ4v) is 3.98. The van der Waals surface area contributed by atoms with Gasteiger partial charge in [-0.3, -0.25) is 9.69 Å². The molecule has 0 spiro atoms. The highest BCUT2D eigenvalue weighted by Gasteiger charge is 2.35. The lowest BCUT2D eigenvalue weighted by molar-refractivity contribution is -0.131. The molecule has 1 N–H and O–H groups in total. The number of nitrogens with zero attached hydrogens (tertiary/aromatic N) is 2. The molecule has 108 valence electrons. The van der Waals surface area contributed by atoms with Gasteiger partial charge in [0.15, 0.2) is 0 Å². The van der Waals surface area contributed by atoms with Gasteiger partial charge in [0.2, 0.25) is 5.91 Å². The fraction of sp³-hybridized carbons (Fsp3) is 0.933. The van der Waals surface area contributed by atoms with Crippen LogP contribution in [0.4, 0.5) is 0 Å². The first kappa shape index (κ1) is 13.4. The van der Waals surface area contributed by atoms with Gasteiger partial charge in [-0.15, -0.1) is 0 Å². The number of fused-ring (bicyclic) bond motifs is 2. The van der Waals surface area contributed by atoms with Crippen LogP contribution in [0.15, 0.2) is 0 Å². The first-order chi connectivity index (χ1) is 9.24. The van der Waals surface area contributed by atoms with E-state index in [2.05, 4.69) is 22.2 Å². The molecule has 3 fully saturated rings. The SMILES string of the molecule is CN1C2CCC1CN(C(=O)CCC1CCNC1)CC2. The van der Waals surface area contributed by atoms with Crippen LogP contribution >= 0.6 is 0 Å². The Balaban J connectivity index is 1.49. The summed E-state index contributed by atoms with van der Waals surface area (Å²) in [4.78, 5) is 17.0. The summed E-state index contributed by atoms with van der Waals surface area (Å²) in [5.74, 6) is 1.13. The van der Waals surface area contributed by atoms with Gasteiger partial charge in [-0.05, 0) is 58.2 Å². The monoisotopic (exact) mass is 265 g/mol. The average molecular weight is 265 g/mol. The van der Waals surface area contributed by atoms with Gasteiger partial charge in [0.25, 0.3) is 0 Å². The van der Waals surface area contributed by atoms with Crippen molar-refractivity contribution < 1.29 is 4.79 Å². The Morgan fingerprint density at radius 3 is 2.84 bits per heavy atom. The van der Waals surface area contributed by atoms with Crippen LogP contribution in [0.5, 0.6) is 0 Å². The van der Waals surface area contributed by atoms with Crippen molar-refractivity contribution >= 4 is 5.91 Å². The van der Waals surface area contributed by atoms with Crippen molar-refractivity contribution in [2.24, 2.45) is 5.92 Å². The first-order valence-corrected chi connectivity index (χ1v) is 7.94. The van der Waals surface area contributed by atoms with Crippen molar-refractivity contribution in [2.45, 2.75) is 50.6 Å². The number of carbonyl (C=O) groups excluding carboxylic acids is 1. The zero-order chi connectivity index (χ0) is 13.2. The van der Waals surface area contributed by atoms with Gasteiger partial charge in [0.05, 0.1) is 0 Å². The van der Waals surface area contributed by atoms with E-state index in [1.165, 1.54) is 25.7 Å². The minimum absolute atomic E-state index is 0.396. The van der Waals surface area contributed by atoms with Crippen molar-refractivity contribution in [2.75, 3.05) is 33.2 Å². The molecule has 3 heterocycles. The Kier molecular flexibility index (Phi) is 4.08. The Hall–Kier alpha value is -0.610. The second-order valence-corrected chi connectivity index (χ2v) is 6.58. The van der Waals surface area contributed by atoms with Crippen LogP contribution < -0.4 is 5.32 Å². The molecule has 1 amide bonds. The number of likely N-dealkylation sites (N-methyl/N-ethyl adjacent to an activating group) is 1. The summed E-state index contributed by atoms with van der Waals surface area (Å²) in [6.45, 7) is 4.19. The molecule has 3 aliphatic heterocycles. The Morgan fingerprint density at radius 1 is 1.21 bits per heavy atom. The summed E-state index contributed by atoms with van der Waals surface area (Å²) in [7, 11) is 2.24. The molecule has 0 aromatic rings. The molecule has 19 heavy (non-hydrogen) atoms. The molecule has 0 saturated carbocycles. The van der Waals surface area contributed by atoms with E-state index in [9.17, 15) is 4.79 Å². The molecule has 3 saturated heterocycles. The summed E-state index contributed by atoms with van der Waals surface area (Å²) in [6.07, 6.45) is 6.86. The largest absolute Gasteiger partial charge is 0.341 e.